The zero-order valence-corrected chi connectivity index (χ0v) is 15.0. The van der Waals surface area contributed by atoms with Crippen molar-refractivity contribution in [3.05, 3.63) is 63.2 Å². The molecule has 2 atom stereocenters. The molecule has 26 heavy (non-hydrogen) atoms. The van der Waals surface area contributed by atoms with E-state index in [1.54, 1.807) is 12.1 Å². The lowest BCUT2D eigenvalue weighted by Crippen LogP contribution is -2.25. The summed E-state index contributed by atoms with van der Waals surface area (Å²) in [5, 5.41) is 19.9. The van der Waals surface area contributed by atoms with Gasteiger partial charge in [0.25, 0.3) is 5.69 Å². The first kappa shape index (κ1) is 18.6. The number of ether oxygens (including phenoxy) is 1. The standard InChI is InChI=1S/C16H16ClN3O5S/c17-11-3-1-10(2-4-11)16-13(7-8-25-16)19-14-9-12(20(21)22)5-6-15(14)26(18,23)24/h1-6,9,13,16,19H,7-8H2,(H2,18,23,24). The zero-order chi connectivity index (χ0) is 18.9. The molecule has 0 spiro atoms. The van der Waals surface area contributed by atoms with Gasteiger partial charge in [0.15, 0.2) is 0 Å². The van der Waals surface area contributed by atoms with Gasteiger partial charge in [0, 0.05) is 23.8 Å². The molecule has 2 aromatic carbocycles. The number of halogens is 1. The lowest BCUT2D eigenvalue weighted by Gasteiger charge is -2.22. The number of nitro groups is 1. The van der Waals surface area contributed by atoms with Crippen LogP contribution in [0.4, 0.5) is 11.4 Å². The monoisotopic (exact) mass is 397 g/mol. The summed E-state index contributed by atoms with van der Waals surface area (Å²) in [5.41, 5.74) is 0.713. The van der Waals surface area contributed by atoms with Gasteiger partial charge in [-0.2, -0.15) is 0 Å². The molecule has 1 heterocycles. The van der Waals surface area contributed by atoms with Crippen LogP contribution in [0.15, 0.2) is 47.4 Å². The highest BCUT2D eigenvalue weighted by atomic mass is 35.5. The van der Waals surface area contributed by atoms with Gasteiger partial charge in [0.1, 0.15) is 11.0 Å². The third-order valence-corrected chi connectivity index (χ3v) is 5.33. The van der Waals surface area contributed by atoms with E-state index in [0.717, 1.165) is 23.8 Å². The van der Waals surface area contributed by atoms with Crippen molar-refractivity contribution < 1.29 is 18.1 Å². The van der Waals surface area contributed by atoms with E-state index in [1.165, 1.54) is 0 Å². The van der Waals surface area contributed by atoms with E-state index < -0.39 is 14.9 Å². The Morgan fingerprint density at radius 1 is 1.23 bits per heavy atom. The van der Waals surface area contributed by atoms with Gasteiger partial charge in [0.2, 0.25) is 10.0 Å². The van der Waals surface area contributed by atoms with Crippen LogP contribution in [0.25, 0.3) is 0 Å². The Balaban J connectivity index is 1.95. The van der Waals surface area contributed by atoms with E-state index in [0.29, 0.717) is 18.1 Å². The Morgan fingerprint density at radius 3 is 2.54 bits per heavy atom. The second-order valence-corrected chi connectivity index (χ2v) is 7.83. The number of nitrogens with two attached hydrogens (primary N) is 1. The van der Waals surface area contributed by atoms with E-state index in [4.69, 9.17) is 21.5 Å². The molecule has 0 radical (unpaired) electrons. The molecule has 0 amide bonds. The molecule has 3 rings (SSSR count). The number of anilines is 1. The Labute approximate surface area is 155 Å². The molecule has 1 aliphatic heterocycles. The van der Waals surface area contributed by atoms with Gasteiger partial charge in [-0.1, -0.05) is 23.7 Å². The van der Waals surface area contributed by atoms with Crippen molar-refractivity contribution in [2.45, 2.75) is 23.5 Å². The number of nitro benzene ring substituents is 1. The molecular weight excluding hydrogens is 382 g/mol. The fourth-order valence-corrected chi connectivity index (χ4v) is 3.72. The number of benzene rings is 2. The van der Waals surface area contributed by atoms with Crippen LogP contribution < -0.4 is 10.5 Å². The minimum atomic E-state index is -4.05. The Bertz CT molecular complexity index is 933. The Hall–Kier alpha value is -2.20. The molecular formula is C16H16ClN3O5S. The largest absolute Gasteiger partial charge is 0.378 e. The van der Waals surface area contributed by atoms with Crippen LogP contribution in [0.2, 0.25) is 5.02 Å². The van der Waals surface area contributed by atoms with Gasteiger partial charge in [0.05, 0.1) is 16.7 Å². The summed E-state index contributed by atoms with van der Waals surface area (Å²) in [5.74, 6) is 0. The number of nitrogens with zero attached hydrogens (tertiary/aromatic N) is 1. The zero-order valence-electron chi connectivity index (χ0n) is 13.5. The van der Waals surface area contributed by atoms with Gasteiger partial charge < -0.3 is 10.1 Å². The number of primary sulfonamides is 1. The molecule has 138 valence electrons. The van der Waals surface area contributed by atoms with Crippen LogP contribution >= 0.6 is 11.6 Å². The van der Waals surface area contributed by atoms with Crippen molar-refractivity contribution in [2.24, 2.45) is 5.14 Å². The molecule has 0 saturated carbocycles. The molecule has 2 aromatic rings. The van der Waals surface area contributed by atoms with Crippen molar-refractivity contribution in [1.29, 1.82) is 0 Å². The van der Waals surface area contributed by atoms with E-state index in [2.05, 4.69) is 5.32 Å². The van der Waals surface area contributed by atoms with Crippen molar-refractivity contribution in [1.82, 2.24) is 0 Å². The molecule has 0 aromatic heterocycles. The number of non-ortho nitro benzene ring substituents is 1. The van der Waals surface area contributed by atoms with E-state index in [1.807, 2.05) is 12.1 Å². The number of sulfonamides is 1. The summed E-state index contributed by atoms with van der Waals surface area (Å²) in [7, 11) is -4.05. The van der Waals surface area contributed by atoms with Crippen LogP contribution in [0, 0.1) is 10.1 Å². The topological polar surface area (TPSA) is 125 Å². The fourth-order valence-electron chi connectivity index (χ4n) is 2.91. The number of nitrogens with one attached hydrogen (secondary N) is 1. The van der Waals surface area contributed by atoms with Gasteiger partial charge >= 0.3 is 0 Å². The average molecular weight is 398 g/mol. The summed E-state index contributed by atoms with van der Waals surface area (Å²) in [4.78, 5) is 10.2. The van der Waals surface area contributed by atoms with Crippen molar-refractivity contribution >= 4 is 33.0 Å². The lowest BCUT2D eigenvalue weighted by atomic mass is 10.0. The normalized spacial score (nSPS) is 20.1. The molecule has 2 unspecified atom stereocenters. The molecule has 1 aliphatic rings. The predicted molar refractivity (Wildman–Crippen MR) is 96.6 cm³/mol. The molecule has 10 heteroatoms. The van der Waals surface area contributed by atoms with Crippen molar-refractivity contribution in [3.63, 3.8) is 0 Å². The minimum Gasteiger partial charge on any atom is -0.378 e. The molecule has 3 N–H and O–H groups in total. The smallest absolute Gasteiger partial charge is 0.271 e. The van der Waals surface area contributed by atoms with Crippen LogP contribution in [-0.4, -0.2) is 26.0 Å². The van der Waals surface area contributed by atoms with E-state index >= 15 is 0 Å². The van der Waals surface area contributed by atoms with Gasteiger partial charge in [-0.05, 0) is 30.2 Å². The van der Waals surface area contributed by atoms with Crippen LogP contribution in [0.5, 0.6) is 0 Å². The molecule has 1 fully saturated rings. The molecule has 0 aliphatic carbocycles. The first-order chi connectivity index (χ1) is 12.3. The fraction of sp³-hybridized carbons (Fsp3) is 0.250. The van der Waals surface area contributed by atoms with Gasteiger partial charge in [-0.25, -0.2) is 13.6 Å². The Morgan fingerprint density at radius 2 is 1.92 bits per heavy atom. The Kier molecular flexibility index (Phi) is 5.15. The van der Waals surface area contributed by atoms with E-state index in [9.17, 15) is 18.5 Å². The minimum absolute atomic E-state index is 0.0798. The summed E-state index contributed by atoms with van der Waals surface area (Å²) in [6.45, 7) is 0.463. The van der Waals surface area contributed by atoms with Crippen molar-refractivity contribution in [3.8, 4) is 0 Å². The second-order valence-electron chi connectivity index (χ2n) is 5.87. The first-order valence-corrected chi connectivity index (χ1v) is 9.63. The van der Waals surface area contributed by atoms with Crippen LogP contribution in [0.3, 0.4) is 0 Å². The predicted octanol–water partition coefficient (Wildman–Crippen LogP) is 2.84. The first-order valence-electron chi connectivity index (χ1n) is 7.70. The highest BCUT2D eigenvalue weighted by molar-refractivity contribution is 7.89. The maximum Gasteiger partial charge on any atom is 0.271 e. The van der Waals surface area contributed by atoms with E-state index in [-0.39, 0.29) is 28.4 Å². The van der Waals surface area contributed by atoms with Gasteiger partial charge in [-0.3, -0.25) is 10.1 Å². The molecule has 8 nitrogen and oxygen atoms in total. The SMILES string of the molecule is NS(=O)(=O)c1ccc([N+](=O)[O-])cc1NC1CCOC1c1ccc(Cl)cc1. The average Bonchev–Trinajstić information content (AvgIpc) is 3.02. The number of rotatable bonds is 5. The van der Waals surface area contributed by atoms with Crippen LogP contribution in [-0.2, 0) is 14.8 Å². The number of hydrogen-bond donors (Lipinski definition) is 2. The highest BCUT2D eigenvalue weighted by Gasteiger charge is 2.31. The molecule has 0 bridgehead atoms. The lowest BCUT2D eigenvalue weighted by molar-refractivity contribution is -0.384. The van der Waals surface area contributed by atoms with Crippen LogP contribution in [0.1, 0.15) is 18.1 Å². The third kappa shape index (κ3) is 3.96. The maximum absolute atomic E-state index is 11.8. The summed E-state index contributed by atoms with van der Waals surface area (Å²) in [6.07, 6.45) is 0.250. The summed E-state index contributed by atoms with van der Waals surface area (Å²) in [6, 6.07) is 10.2. The highest BCUT2D eigenvalue weighted by Crippen LogP contribution is 2.34. The molecule has 1 saturated heterocycles. The van der Waals surface area contributed by atoms with Crippen molar-refractivity contribution in [2.75, 3.05) is 11.9 Å². The summed E-state index contributed by atoms with van der Waals surface area (Å²) < 4.78 is 29.4. The van der Waals surface area contributed by atoms with Gasteiger partial charge in [-0.15, -0.1) is 0 Å². The third-order valence-electron chi connectivity index (χ3n) is 4.11. The maximum atomic E-state index is 11.8. The quantitative estimate of drug-likeness (QED) is 0.590. The number of hydrogen-bond acceptors (Lipinski definition) is 6. The second kappa shape index (κ2) is 7.20. The summed E-state index contributed by atoms with van der Waals surface area (Å²) >= 11 is 5.90.